The molecule has 0 spiro atoms. The SMILES string of the molecule is O=C(N1CCc2ncc(C(F)(F)F)cc2C1)C12CCOC1CC(N1CCC(c3ccccc3)CC1)C2. The molecule has 192 valence electrons. The van der Waals surface area contributed by atoms with Gasteiger partial charge in [0, 0.05) is 44.0 Å². The summed E-state index contributed by atoms with van der Waals surface area (Å²) in [6.07, 6.45) is 1.39. The van der Waals surface area contributed by atoms with Gasteiger partial charge in [0.1, 0.15) is 0 Å². The molecule has 2 aromatic rings. The molecule has 1 aromatic heterocycles. The summed E-state index contributed by atoms with van der Waals surface area (Å²) < 4.78 is 45.8. The first-order valence-electron chi connectivity index (χ1n) is 13.1. The van der Waals surface area contributed by atoms with Gasteiger partial charge < -0.3 is 14.5 Å². The topological polar surface area (TPSA) is 45.7 Å². The number of fused-ring (bicyclic) bond motifs is 2. The number of nitrogens with zero attached hydrogens (tertiary/aromatic N) is 3. The van der Waals surface area contributed by atoms with Gasteiger partial charge in [0.25, 0.3) is 0 Å². The van der Waals surface area contributed by atoms with Gasteiger partial charge in [0.2, 0.25) is 5.91 Å². The number of aromatic nitrogens is 1. The van der Waals surface area contributed by atoms with Crippen molar-refractivity contribution < 1.29 is 22.7 Å². The van der Waals surface area contributed by atoms with Gasteiger partial charge in [-0.3, -0.25) is 9.78 Å². The van der Waals surface area contributed by atoms with Gasteiger partial charge in [-0.25, -0.2) is 0 Å². The minimum atomic E-state index is -4.44. The Morgan fingerprint density at radius 3 is 2.64 bits per heavy atom. The molecular weight excluding hydrogens is 467 g/mol. The number of rotatable bonds is 3. The molecule has 2 saturated heterocycles. The van der Waals surface area contributed by atoms with Gasteiger partial charge in [-0.05, 0) is 68.3 Å². The second-order valence-electron chi connectivity index (χ2n) is 10.9. The summed E-state index contributed by atoms with van der Waals surface area (Å²) in [5.74, 6) is 0.633. The fraction of sp³-hybridized carbons (Fsp3) is 0.571. The maximum atomic E-state index is 13.9. The van der Waals surface area contributed by atoms with Crippen LogP contribution in [0, 0.1) is 5.41 Å². The Morgan fingerprint density at radius 2 is 1.89 bits per heavy atom. The molecular formula is C28H32F3N3O2. The van der Waals surface area contributed by atoms with Gasteiger partial charge in [0.05, 0.1) is 17.1 Å². The first-order chi connectivity index (χ1) is 17.3. The summed E-state index contributed by atoms with van der Waals surface area (Å²) >= 11 is 0. The van der Waals surface area contributed by atoms with E-state index >= 15 is 0 Å². The van der Waals surface area contributed by atoms with Gasteiger partial charge in [-0.2, -0.15) is 13.2 Å². The van der Waals surface area contributed by atoms with E-state index in [9.17, 15) is 18.0 Å². The maximum Gasteiger partial charge on any atom is 0.417 e. The molecule has 3 atom stereocenters. The molecule has 4 aliphatic rings. The van der Waals surface area contributed by atoms with Crippen molar-refractivity contribution in [2.45, 2.75) is 69.3 Å². The lowest BCUT2D eigenvalue weighted by atomic mass is 9.80. The van der Waals surface area contributed by atoms with E-state index in [4.69, 9.17) is 4.74 Å². The fourth-order valence-electron chi connectivity index (χ4n) is 6.98. The maximum absolute atomic E-state index is 13.9. The van der Waals surface area contributed by atoms with Gasteiger partial charge >= 0.3 is 6.18 Å². The summed E-state index contributed by atoms with van der Waals surface area (Å²) in [6, 6.07) is 12.2. The van der Waals surface area contributed by atoms with Crippen LogP contribution in [0.15, 0.2) is 42.6 Å². The highest BCUT2D eigenvalue weighted by molar-refractivity contribution is 5.84. The van der Waals surface area contributed by atoms with Crippen LogP contribution in [0.3, 0.4) is 0 Å². The zero-order valence-corrected chi connectivity index (χ0v) is 20.3. The minimum absolute atomic E-state index is 0.0507. The van der Waals surface area contributed by atoms with Crippen molar-refractivity contribution in [3.05, 3.63) is 65.0 Å². The summed E-state index contributed by atoms with van der Waals surface area (Å²) in [7, 11) is 0. The number of likely N-dealkylation sites (tertiary alicyclic amines) is 1. The average molecular weight is 500 g/mol. The Balaban J connectivity index is 1.14. The van der Waals surface area contributed by atoms with Crippen molar-refractivity contribution in [1.29, 1.82) is 0 Å². The molecule has 5 nitrogen and oxygen atoms in total. The normalized spacial score (nSPS) is 29.2. The number of carbonyl (C=O) groups is 1. The third-order valence-electron chi connectivity index (χ3n) is 8.97. The smallest absolute Gasteiger partial charge is 0.377 e. The number of hydrogen-bond donors (Lipinski definition) is 0. The molecule has 3 unspecified atom stereocenters. The number of halogens is 3. The number of alkyl halides is 3. The fourth-order valence-corrected chi connectivity index (χ4v) is 6.98. The lowest BCUT2D eigenvalue weighted by molar-refractivity contribution is -0.145. The van der Waals surface area contributed by atoms with E-state index in [1.54, 1.807) is 4.90 Å². The Hall–Kier alpha value is -2.45. The Morgan fingerprint density at radius 1 is 1.11 bits per heavy atom. The number of amides is 1. The number of ether oxygens (including phenoxy) is 1. The molecule has 0 radical (unpaired) electrons. The van der Waals surface area contributed by atoms with E-state index in [0.717, 1.165) is 51.0 Å². The molecule has 1 aromatic carbocycles. The van der Waals surface area contributed by atoms with E-state index in [-0.39, 0.29) is 18.6 Å². The Kier molecular flexibility index (Phi) is 6.07. The van der Waals surface area contributed by atoms with Crippen LogP contribution in [0.25, 0.3) is 0 Å². The van der Waals surface area contributed by atoms with Crippen LogP contribution in [-0.2, 0) is 28.7 Å². The molecule has 1 saturated carbocycles. The third kappa shape index (κ3) is 4.22. The highest BCUT2D eigenvalue weighted by atomic mass is 19.4. The lowest BCUT2D eigenvalue weighted by Crippen LogP contribution is -2.48. The van der Waals surface area contributed by atoms with E-state index in [2.05, 4.69) is 40.2 Å². The van der Waals surface area contributed by atoms with Crippen molar-refractivity contribution in [2.24, 2.45) is 5.41 Å². The van der Waals surface area contributed by atoms with Crippen molar-refractivity contribution >= 4 is 5.91 Å². The quantitative estimate of drug-likeness (QED) is 0.609. The van der Waals surface area contributed by atoms with E-state index in [1.165, 1.54) is 5.56 Å². The van der Waals surface area contributed by atoms with E-state index in [0.29, 0.717) is 49.2 Å². The number of pyridine rings is 1. The average Bonchev–Trinajstić information content (AvgIpc) is 3.46. The third-order valence-corrected chi connectivity index (χ3v) is 8.97. The number of benzene rings is 1. The van der Waals surface area contributed by atoms with Crippen LogP contribution < -0.4 is 0 Å². The Bertz CT molecular complexity index is 1120. The summed E-state index contributed by atoms with van der Waals surface area (Å²) in [6.45, 7) is 3.29. The van der Waals surface area contributed by atoms with Crippen molar-refractivity contribution in [3.8, 4) is 0 Å². The summed E-state index contributed by atoms with van der Waals surface area (Å²) in [5.41, 5.74) is 1.26. The second kappa shape index (κ2) is 9.14. The molecule has 3 fully saturated rings. The van der Waals surface area contributed by atoms with Crippen molar-refractivity contribution in [2.75, 3.05) is 26.2 Å². The van der Waals surface area contributed by atoms with Gasteiger partial charge in [-0.15, -0.1) is 0 Å². The minimum Gasteiger partial charge on any atom is -0.377 e. The van der Waals surface area contributed by atoms with Crippen LogP contribution in [0.2, 0.25) is 0 Å². The highest BCUT2D eigenvalue weighted by Gasteiger charge is 2.58. The molecule has 4 heterocycles. The predicted molar refractivity (Wildman–Crippen MR) is 128 cm³/mol. The standard InChI is InChI=1S/C28H32F3N3O2/c29-28(30,31)22-14-21-18-34(12-8-24(21)32-17-22)26(35)27-9-13-36-25(27)15-23(16-27)33-10-6-20(7-11-33)19-4-2-1-3-5-19/h1-5,14,17,20,23,25H,6-13,15-16,18H2. The molecule has 1 aliphatic carbocycles. The Labute approximate surface area is 209 Å². The van der Waals surface area contributed by atoms with E-state index < -0.39 is 17.2 Å². The monoisotopic (exact) mass is 499 g/mol. The number of piperidine rings is 1. The first-order valence-corrected chi connectivity index (χ1v) is 13.1. The highest BCUT2D eigenvalue weighted by Crippen LogP contribution is 2.51. The van der Waals surface area contributed by atoms with Crippen LogP contribution >= 0.6 is 0 Å². The molecule has 6 rings (SSSR count). The number of hydrogen-bond acceptors (Lipinski definition) is 4. The molecule has 0 bridgehead atoms. The zero-order chi connectivity index (χ0) is 24.9. The van der Waals surface area contributed by atoms with Crippen LogP contribution in [0.5, 0.6) is 0 Å². The zero-order valence-electron chi connectivity index (χ0n) is 20.3. The van der Waals surface area contributed by atoms with Gasteiger partial charge in [-0.1, -0.05) is 30.3 Å². The van der Waals surface area contributed by atoms with Crippen LogP contribution in [-0.4, -0.2) is 59.1 Å². The largest absolute Gasteiger partial charge is 0.417 e. The molecule has 1 amide bonds. The van der Waals surface area contributed by atoms with Gasteiger partial charge in [0.15, 0.2) is 0 Å². The second-order valence-corrected chi connectivity index (χ2v) is 10.9. The summed E-state index contributed by atoms with van der Waals surface area (Å²) in [5, 5.41) is 0. The molecule has 36 heavy (non-hydrogen) atoms. The molecule has 3 aliphatic heterocycles. The van der Waals surface area contributed by atoms with Crippen molar-refractivity contribution in [3.63, 3.8) is 0 Å². The number of carbonyl (C=O) groups excluding carboxylic acids is 1. The predicted octanol–water partition coefficient (Wildman–Crippen LogP) is 4.80. The first kappa shape index (κ1) is 23.9. The lowest BCUT2D eigenvalue weighted by Gasteiger charge is -2.38. The van der Waals surface area contributed by atoms with Crippen LogP contribution in [0.4, 0.5) is 13.2 Å². The van der Waals surface area contributed by atoms with E-state index in [1.807, 2.05) is 0 Å². The molecule has 8 heteroatoms. The molecule has 0 N–H and O–H groups in total. The van der Waals surface area contributed by atoms with Crippen LogP contribution in [0.1, 0.15) is 60.4 Å². The summed E-state index contributed by atoms with van der Waals surface area (Å²) in [4.78, 5) is 22.3. The van der Waals surface area contributed by atoms with Crippen molar-refractivity contribution in [1.82, 2.24) is 14.8 Å².